The molecule has 1 aliphatic rings. The zero-order valence-corrected chi connectivity index (χ0v) is 18.6. The Morgan fingerprint density at radius 3 is 2.32 bits per heavy atom. The van der Waals surface area contributed by atoms with Gasteiger partial charge in [0.05, 0.1) is 5.56 Å². The van der Waals surface area contributed by atoms with Gasteiger partial charge in [-0.3, -0.25) is 4.99 Å². The summed E-state index contributed by atoms with van der Waals surface area (Å²) in [5, 5.41) is 10.7. The van der Waals surface area contributed by atoms with Crippen molar-refractivity contribution in [2.45, 2.75) is 32.5 Å². The number of fused-ring (bicyclic) bond motifs is 1. The molecule has 3 N–H and O–H groups in total. The number of ether oxygens (including phenoxy) is 1. The van der Waals surface area contributed by atoms with Gasteiger partial charge in [0.15, 0.2) is 0 Å². The Morgan fingerprint density at radius 1 is 1.19 bits per heavy atom. The smallest absolute Gasteiger partial charge is 0.416 e. The first-order chi connectivity index (χ1) is 14.2. The van der Waals surface area contributed by atoms with Gasteiger partial charge in [-0.2, -0.15) is 13.2 Å². The maximum Gasteiger partial charge on any atom is 0.416 e. The summed E-state index contributed by atoms with van der Waals surface area (Å²) in [6, 6.07) is 8.79. The van der Waals surface area contributed by atoms with Gasteiger partial charge in [-0.25, -0.2) is 0 Å². The van der Waals surface area contributed by atoms with Crippen molar-refractivity contribution in [1.29, 1.82) is 0 Å². The molecule has 1 atom stereocenters. The molecule has 1 aliphatic heterocycles. The second kappa shape index (κ2) is 9.27. The van der Waals surface area contributed by atoms with E-state index in [9.17, 15) is 21.7 Å². The molecular formula is C19H20AsF3N2O6. The molecule has 1 amide bonds. The average Bonchev–Trinajstić information content (AvgIpc) is 2.66. The zero-order valence-electron chi connectivity index (χ0n) is 16.7. The van der Waals surface area contributed by atoms with Crippen molar-refractivity contribution in [2.75, 3.05) is 5.32 Å². The summed E-state index contributed by atoms with van der Waals surface area (Å²) in [5.41, 5.74) is -0.576. The molecule has 0 aromatic heterocycles. The number of alkyl halides is 3. The van der Waals surface area contributed by atoms with Gasteiger partial charge in [-0.05, 0) is 32.0 Å². The van der Waals surface area contributed by atoms with Crippen LogP contribution >= 0.6 is 0 Å². The molecule has 0 saturated heterocycles. The zero-order chi connectivity index (χ0) is 23.4. The molecular weight excluding hydrogens is 484 g/mol. The Balaban J connectivity index is 0.000000221. The van der Waals surface area contributed by atoms with E-state index in [0.29, 0.717) is 11.4 Å². The predicted octanol–water partition coefficient (Wildman–Crippen LogP) is 3.28. The Labute approximate surface area is 178 Å². The van der Waals surface area contributed by atoms with Gasteiger partial charge in [-0.1, -0.05) is 0 Å². The molecule has 168 valence electrons. The Kier molecular flexibility index (Phi) is 7.38. The van der Waals surface area contributed by atoms with Gasteiger partial charge < -0.3 is 4.74 Å². The topological polar surface area (TPSA) is 117 Å². The largest absolute Gasteiger partial charge is 0.480 e. The second-order valence-corrected chi connectivity index (χ2v) is 10.6. The number of rotatable bonds is 3. The van der Waals surface area contributed by atoms with Crippen LogP contribution in [0.3, 0.4) is 0 Å². The molecule has 0 spiro atoms. The first-order valence-electron chi connectivity index (χ1n) is 8.73. The fourth-order valence-electron chi connectivity index (χ4n) is 2.40. The first kappa shape index (κ1) is 24.7. The summed E-state index contributed by atoms with van der Waals surface area (Å²) in [7, 11) is 0. The van der Waals surface area contributed by atoms with Crippen LogP contribution in [0, 0.1) is 0 Å². The van der Waals surface area contributed by atoms with Crippen molar-refractivity contribution in [3.63, 3.8) is 0 Å². The third-order valence-corrected chi connectivity index (χ3v) is 6.26. The summed E-state index contributed by atoms with van der Waals surface area (Å²) in [6.07, 6.45) is -2.85. The van der Waals surface area contributed by atoms with Crippen molar-refractivity contribution in [1.82, 2.24) is 0 Å². The van der Waals surface area contributed by atoms with Crippen LogP contribution in [0.1, 0.15) is 26.3 Å². The third kappa shape index (κ3) is 6.96. The number of hydrogen-bond acceptors (Lipinski definition) is 6. The fraction of sp³-hybridized carbons (Fsp3) is 0.263. The molecule has 0 aliphatic carbocycles. The molecule has 0 radical (unpaired) electrons. The Bertz CT molecular complexity index is 1020. The quantitative estimate of drug-likeness (QED) is 0.336. The van der Waals surface area contributed by atoms with Crippen molar-refractivity contribution in [3.05, 3.63) is 48.0 Å². The number of halogens is 3. The van der Waals surface area contributed by atoms with Crippen LogP contribution in [0.15, 0.2) is 47.5 Å². The number of carbonyl (C=O) groups excluding carboxylic acids is 1. The molecule has 12 heteroatoms. The molecule has 3 rings (SSSR count). The van der Waals surface area contributed by atoms with E-state index < -0.39 is 31.5 Å². The van der Waals surface area contributed by atoms with Crippen LogP contribution in [-0.2, 0) is 18.6 Å². The number of nitrogens with one attached hydrogen (secondary N) is 1. The van der Waals surface area contributed by atoms with Crippen LogP contribution in [0.5, 0.6) is 5.75 Å². The van der Waals surface area contributed by atoms with Gasteiger partial charge >= 0.3 is 94.6 Å². The fourth-order valence-corrected chi connectivity index (χ4v) is 3.70. The molecule has 2 aromatic rings. The molecule has 1 heterocycles. The summed E-state index contributed by atoms with van der Waals surface area (Å²) < 4.78 is 66.6. The number of hydrogen-bond donors (Lipinski definition) is 3. The molecule has 1 unspecified atom stereocenters. The van der Waals surface area contributed by atoms with Crippen molar-refractivity contribution in [2.24, 2.45) is 4.99 Å². The van der Waals surface area contributed by atoms with Crippen LogP contribution in [-0.4, -0.2) is 41.2 Å². The molecule has 31 heavy (non-hydrogen) atoms. The van der Waals surface area contributed by atoms with Gasteiger partial charge in [0.25, 0.3) is 0 Å². The number of aliphatic imine (C=N–C) groups is 1. The van der Waals surface area contributed by atoms with Crippen molar-refractivity contribution in [3.8, 4) is 5.75 Å². The summed E-state index contributed by atoms with van der Waals surface area (Å²) in [4.78, 5) is 14.6. The van der Waals surface area contributed by atoms with Gasteiger partial charge in [0, 0.05) is 6.21 Å². The van der Waals surface area contributed by atoms with E-state index in [1.807, 2.05) is 0 Å². The number of benzene rings is 2. The van der Waals surface area contributed by atoms with E-state index in [1.165, 1.54) is 43.5 Å². The normalized spacial score (nSPS) is 16.1. The van der Waals surface area contributed by atoms with Crippen LogP contribution in [0.2, 0.25) is 0 Å². The molecule has 0 bridgehead atoms. The standard InChI is InChI=1S/C11H10F3NO.C8H10AsNO5/c1-10(2)6-15-8-5-7(11(12,13)14)3-4-9(8)16-10;1-6(11)10-8-4-2-7(3-5-8)9(12,13)15-14/h3-6H,1-2H3;2-5,14H,1H3,(H,10,11)(H,12,13). The van der Waals surface area contributed by atoms with E-state index in [-0.39, 0.29) is 15.9 Å². The molecule has 0 fully saturated rings. The maximum absolute atomic E-state index is 12.4. The SMILES string of the molecule is CC(=O)Nc1ccc([As](=O)(O)OO)cc1.CC1(C)C=Nc2cc(C(F)(F)F)ccc2O1. The van der Waals surface area contributed by atoms with E-state index in [0.717, 1.165) is 12.1 Å². The van der Waals surface area contributed by atoms with Gasteiger partial charge in [0.1, 0.15) is 17.0 Å². The minimum Gasteiger partial charge on any atom is -0.480 e. The van der Waals surface area contributed by atoms with Gasteiger partial charge in [-0.15, -0.1) is 0 Å². The van der Waals surface area contributed by atoms with Crippen LogP contribution in [0.4, 0.5) is 24.5 Å². The minimum absolute atomic E-state index is 0.00438. The summed E-state index contributed by atoms with van der Waals surface area (Å²) in [6.45, 7) is 4.93. The molecule has 2 aromatic carbocycles. The summed E-state index contributed by atoms with van der Waals surface area (Å²) >= 11 is -4.76. The van der Waals surface area contributed by atoms with Crippen LogP contribution < -0.4 is 14.4 Å². The van der Waals surface area contributed by atoms with Crippen LogP contribution in [0.25, 0.3) is 0 Å². The van der Waals surface area contributed by atoms with Gasteiger partial charge in [0.2, 0.25) is 0 Å². The Hall–Kier alpha value is -2.59. The average molecular weight is 504 g/mol. The van der Waals surface area contributed by atoms with E-state index in [4.69, 9.17) is 14.1 Å². The number of anilines is 1. The number of amides is 1. The van der Waals surface area contributed by atoms with E-state index >= 15 is 0 Å². The van der Waals surface area contributed by atoms with Crippen molar-refractivity contribution < 1.29 is 39.7 Å². The predicted molar refractivity (Wildman–Crippen MR) is 107 cm³/mol. The minimum atomic E-state index is -4.76. The maximum atomic E-state index is 12.4. The third-order valence-electron chi connectivity index (χ3n) is 3.80. The second-order valence-electron chi connectivity index (χ2n) is 6.97. The number of carbonyl (C=O) groups is 1. The number of nitrogens with zero attached hydrogens (tertiary/aromatic N) is 1. The van der Waals surface area contributed by atoms with E-state index in [2.05, 4.69) is 14.2 Å². The molecule has 0 saturated carbocycles. The monoisotopic (exact) mass is 504 g/mol. The summed E-state index contributed by atoms with van der Waals surface area (Å²) in [5.74, 6) is 0.138. The van der Waals surface area contributed by atoms with E-state index in [1.54, 1.807) is 13.8 Å². The molecule has 8 nitrogen and oxygen atoms in total. The van der Waals surface area contributed by atoms with Crippen molar-refractivity contribution >= 4 is 42.0 Å². The first-order valence-corrected chi connectivity index (χ1v) is 12.0. The Morgan fingerprint density at radius 2 is 1.81 bits per heavy atom.